The third-order valence-corrected chi connectivity index (χ3v) is 3.23. The standard InChI is InChI=1S/C10H20N2O2/c1-3-8(10(11)14)12-5-4-7(2)9(12)6-13/h7-9,13H,3-6H2,1-2H3,(H2,11,14). The fourth-order valence-electron chi connectivity index (χ4n) is 2.31. The van der Waals surface area contributed by atoms with Crippen LogP contribution in [-0.4, -0.2) is 41.1 Å². The molecule has 1 fully saturated rings. The van der Waals surface area contributed by atoms with Crippen LogP contribution in [0, 0.1) is 5.92 Å². The van der Waals surface area contributed by atoms with Crippen LogP contribution in [0.5, 0.6) is 0 Å². The first-order valence-electron chi connectivity index (χ1n) is 5.27. The number of carbonyl (C=O) groups excluding carboxylic acids is 1. The Labute approximate surface area is 85.1 Å². The molecule has 82 valence electrons. The monoisotopic (exact) mass is 200 g/mol. The number of primary amides is 1. The summed E-state index contributed by atoms with van der Waals surface area (Å²) in [5, 5.41) is 9.24. The van der Waals surface area contributed by atoms with Gasteiger partial charge in [0, 0.05) is 6.04 Å². The van der Waals surface area contributed by atoms with Crippen molar-refractivity contribution < 1.29 is 9.90 Å². The molecule has 0 aromatic carbocycles. The van der Waals surface area contributed by atoms with Gasteiger partial charge in [-0.05, 0) is 25.3 Å². The lowest BCUT2D eigenvalue weighted by molar-refractivity contribution is -0.124. The normalized spacial score (nSPS) is 30.5. The number of nitrogens with zero attached hydrogens (tertiary/aromatic N) is 1. The van der Waals surface area contributed by atoms with Crippen LogP contribution in [0.25, 0.3) is 0 Å². The van der Waals surface area contributed by atoms with Gasteiger partial charge in [-0.2, -0.15) is 0 Å². The molecular weight excluding hydrogens is 180 g/mol. The van der Waals surface area contributed by atoms with Gasteiger partial charge in [-0.25, -0.2) is 0 Å². The topological polar surface area (TPSA) is 66.6 Å². The van der Waals surface area contributed by atoms with Crippen molar-refractivity contribution in [3.8, 4) is 0 Å². The van der Waals surface area contributed by atoms with Gasteiger partial charge in [0.15, 0.2) is 0 Å². The molecule has 0 aliphatic carbocycles. The van der Waals surface area contributed by atoms with E-state index < -0.39 is 0 Å². The highest BCUT2D eigenvalue weighted by molar-refractivity contribution is 5.79. The Kier molecular flexibility index (Phi) is 3.89. The second-order valence-electron chi connectivity index (χ2n) is 4.08. The van der Waals surface area contributed by atoms with E-state index in [2.05, 4.69) is 6.92 Å². The van der Waals surface area contributed by atoms with Crippen molar-refractivity contribution in [2.75, 3.05) is 13.2 Å². The highest BCUT2D eigenvalue weighted by Gasteiger charge is 2.36. The number of amides is 1. The minimum absolute atomic E-state index is 0.104. The van der Waals surface area contributed by atoms with Crippen molar-refractivity contribution in [2.45, 2.75) is 38.8 Å². The molecule has 0 saturated carbocycles. The van der Waals surface area contributed by atoms with Crippen LogP contribution >= 0.6 is 0 Å². The first kappa shape index (κ1) is 11.5. The summed E-state index contributed by atoms with van der Waals surface area (Å²) in [5.41, 5.74) is 5.33. The summed E-state index contributed by atoms with van der Waals surface area (Å²) in [6, 6.07) is -0.107. The van der Waals surface area contributed by atoms with Crippen LogP contribution in [0.4, 0.5) is 0 Å². The van der Waals surface area contributed by atoms with Crippen LogP contribution in [0.15, 0.2) is 0 Å². The van der Waals surface area contributed by atoms with Gasteiger partial charge < -0.3 is 10.8 Å². The number of nitrogens with two attached hydrogens (primary N) is 1. The van der Waals surface area contributed by atoms with E-state index in [9.17, 15) is 9.90 Å². The minimum Gasteiger partial charge on any atom is -0.395 e. The van der Waals surface area contributed by atoms with Gasteiger partial charge >= 0.3 is 0 Å². The average Bonchev–Trinajstić information content (AvgIpc) is 2.48. The maximum absolute atomic E-state index is 11.2. The van der Waals surface area contributed by atoms with Crippen LogP contribution in [-0.2, 0) is 4.79 Å². The largest absolute Gasteiger partial charge is 0.395 e. The first-order chi connectivity index (χ1) is 6.61. The Bertz CT molecular complexity index is 208. The van der Waals surface area contributed by atoms with E-state index in [0.717, 1.165) is 19.4 Å². The lowest BCUT2D eigenvalue weighted by Gasteiger charge is -2.30. The van der Waals surface area contributed by atoms with E-state index in [4.69, 9.17) is 5.73 Å². The number of aliphatic hydroxyl groups is 1. The summed E-state index contributed by atoms with van der Waals surface area (Å²) in [7, 11) is 0. The Morgan fingerprint density at radius 2 is 2.36 bits per heavy atom. The van der Waals surface area contributed by atoms with Gasteiger partial charge in [-0.3, -0.25) is 9.69 Å². The molecule has 1 heterocycles. The number of aliphatic hydroxyl groups excluding tert-OH is 1. The molecule has 3 atom stereocenters. The quantitative estimate of drug-likeness (QED) is 0.669. The van der Waals surface area contributed by atoms with Gasteiger partial charge in [0.2, 0.25) is 5.91 Å². The molecule has 4 heteroatoms. The summed E-state index contributed by atoms with van der Waals surface area (Å²) in [6.07, 6.45) is 1.76. The zero-order valence-corrected chi connectivity index (χ0v) is 8.94. The Hall–Kier alpha value is -0.610. The van der Waals surface area contributed by atoms with Gasteiger partial charge in [0.1, 0.15) is 0 Å². The smallest absolute Gasteiger partial charge is 0.234 e. The first-order valence-corrected chi connectivity index (χ1v) is 5.27. The molecule has 0 radical (unpaired) electrons. The second kappa shape index (κ2) is 4.75. The van der Waals surface area contributed by atoms with E-state index in [1.165, 1.54) is 0 Å². The van der Waals surface area contributed by atoms with Crippen LogP contribution in [0.3, 0.4) is 0 Å². The number of rotatable bonds is 4. The molecular formula is C10H20N2O2. The van der Waals surface area contributed by atoms with E-state index >= 15 is 0 Å². The highest BCUT2D eigenvalue weighted by Crippen LogP contribution is 2.26. The van der Waals surface area contributed by atoms with Crippen molar-refractivity contribution >= 4 is 5.91 Å². The van der Waals surface area contributed by atoms with Crippen LogP contribution in [0.2, 0.25) is 0 Å². The summed E-state index contributed by atoms with van der Waals surface area (Å²) in [5.74, 6) is 0.174. The molecule has 3 unspecified atom stereocenters. The molecule has 1 saturated heterocycles. The molecule has 0 spiro atoms. The van der Waals surface area contributed by atoms with E-state index in [1.807, 2.05) is 11.8 Å². The number of likely N-dealkylation sites (tertiary alicyclic amines) is 1. The summed E-state index contributed by atoms with van der Waals surface area (Å²) >= 11 is 0. The highest BCUT2D eigenvalue weighted by atomic mass is 16.3. The van der Waals surface area contributed by atoms with E-state index in [1.54, 1.807) is 0 Å². The third-order valence-electron chi connectivity index (χ3n) is 3.23. The number of hydrogen-bond donors (Lipinski definition) is 2. The fraction of sp³-hybridized carbons (Fsp3) is 0.900. The van der Waals surface area contributed by atoms with Crippen molar-refractivity contribution in [2.24, 2.45) is 11.7 Å². The Morgan fingerprint density at radius 3 is 2.79 bits per heavy atom. The summed E-state index contributed by atoms with van der Waals surface area (Å²) < 4.78 is 0. The SMILES string of the molecule is CCC(C(N)=O)N1CCC(C)C1CO. The second-order valence-corrected chi connectivity index (χ2v) is 4.08. The molecule has 3 N–H and O–H groups in total. The van der Waals surface area contributed by atoms with Gasteiger partial charge in [-0.15, -0.1) is 0 Å². The zero-order valence-electron chi connectivity index (χ0n) is 8.94. The molecule has 1 aliphatic rings. The molecule has 1 rings (SSSR count). The third kappa shape index (κ3) is 2.07. The molecule has 1 aliphatic heterocycles. The van der Waals surface area contributed by atoms with Gasteiger partial charge in [0.05, 0.1) is 12.6 Å². The van der Waals surface area contributed by atoms with Gasteiger partial charge in [-0.1, -0.05) is 13.8 Å². The number of carbonyl (C=O) groups is 1. The summed E-state index contributed by atoms with van der Waals surface area (Å²) in [6.45, 7) is 5.04. The lowest BCUT2D eigenvalue weighted by Crippen LogP contribution is -2.48. The van der Waals surface area contributed by atoms with Crippen molar-refractivity contribution in [1.29, 1.82) is 0 Å². The van der Waals surface area contributed by atoms with Crippen molar-refractivity contribution in [3.05, 3.63) is 0 Å². The van der Waals surface area contributed by atoms with Crippen molar-refractivity contribution in [1.82, 2.24) is 4.90 Å². The molecule has 4 nitrogen and oxygen atoms in total. The van der Waals surface area contributed by atoms with E-state index in [0.29, 0.717) is 5.92 Å². The zero-order chi connectivity index (χ0) is 10.7. The summed E-state index contributed by atoms with van der Waals surface area (Å²) in [4.78, 5) is 13.2. The van der Waals surface area contributed by atoms with Gasteiger partial charge in [0.25, 0.3) is 0 Å². The maximum atomic E-state index is 11.2. The Balaban J connectivity index is 2.70. The fourth-order valence-corrected chi connectivity index (χ4v) is 2.31. The average molecular weight is 200 g/mol. The lowest BCUT2D eigenvalue weighted by atomic mass is 10.0. The molecule has 1 amide bonds. The van der Waals surface area contributed by atoms with Crippen LogP contribution < -0.4 is 5.73 Å². The molecule has 0 bridgehead atoms. The predicted octanol–water partition coefficient (Wildman–Crippen LogP) is -0.0470. The van der Waals surface area contributed by atoms with Crippen molar-refractivity contribution in [3.63, 3.8) is 0 Å². The Morgan fingerprint density at radius 1 is 1.71 bits per heavy atom. The van der Waals surface area contributed by atoms with E-state index in [-0.39, 0.29) is 24.6 Å². The maximum Gasteiger partial charge on any atom is 0.234 e. The predicted molar refractivity (Wildman–Crippen MR) is 54.6 cm³/mol. The number of hydrogen-bond acceptors (Lipinski definition) is 3. The molecule has 14 heavy (non-hydrogen) atoms. The molecule has 0 aromatic rings. The minimum atomic E-state index is -0.278. The van der Waals surface area contributed by atoms with Crippen LogP contribution in [0.1, 0.15) is 26.7 Å². The molecule has 0 aromatic heterocycles.